The van der Waals surface area contributed by atoms with Gasteiger partial charge in [-0.15, -0.1) is 0 Å². The summed E-state index contributed by atoms with van der Waals surface area (Å²) in [5.41, 5.74) is 11.0. The molecule has 0 saturated carbocycles. The molecule has 9 nitrogen and oxygen atoms in total. The number of ether oxygens (including phenoxy) is 2. The molecule has 0 radical (unpaired) electrons. The SMILES string of the molecule is CN1CCN(C(=O)c2cn(Cc3cnc(N)n3Cc3ccc4c(c3)OCO4)cc2-c2cccc3ccccc23)CC1. The molecule has 9 heteroatoms. The third kappa shape index (κ3) is 4.78. The molecule has 0 spiro atoms. The number of hydrogen-bond acceptors (Lipinski definition) is 6. The van der Waals surface area contributed by atoms with Crippen molar-refractivity contribution in [3.63, 3.8) is 0 Å². The minimum atomic E-state index is 0.0631. The van der Waals surface area contributed by atoms with E-state index in [4.69, 9.17) is 15.2 Å². The van der Waals surface area contributed by atoms with Crippen LogP contribution in [-0.2, 0) is 13.1 Å². The maximum absolute atomic E-state index is 13.9. The summed E-state index contributed by atoms with van der Waals surface area (Å²) < 4.78 is 15.1. The molecule has 1 saturated heterocycles. The highest BCUT2D eigenvalue weighted by atomic mass is 16.7. The van der Waals surface area contributed by atoms with Crippen LogP contribution >= 0.6 is 0 Å². The molecule has 2 aromatic heterocycles. The van der Waals surface area contributed by atoms with Gasteiger partial charge in [0.2, 0.25) is 12.7 Å². The third-order valence-corrected chi connectivity index (χ3v) is 8.07. The number of benzene rings is 3. The van der Waals surface area contributed by atoms with Gasteiger partial charge < -0.3 is 34.1 Å². The van der Waals surface area contributed by atoms with Crippen LogP contribution in [0.15, 0.2) is 79.3 Å². The predicted octanol–water partition coefficient (Wildman–Crippen LogP) is 4.30. The van der Waals surface area contributed by atoms with Crippen molar-refractivity contribution in [3.8, 4) is 22.6 Å². The van der Waals surface area contributed by atoms with E-state index in [0.29, 0.717) is 37.7 Å². The minimum absolute atomic E-state index is 0.0631. The maximum Gasteiger partial charge on any atom is 0.256 e. The van der Waals surface area contributed by atoms with E-state index in [9.17, 15) is 4.79 Å². The van der Waals surface area contributed by atoms with Crippen LogP contribution in [0.2, 0.25) is 0 Å². The van der Waals surface area contributed by atoms with Gasteiger partial charge >= 0.3 is 0 Å². The smallest absolute Gasteiger partial charge is 0.256 e. The number of aromatic nitrogens is 3. The van der Waals surface area contributed by atoms with E-state index < -0.39 is 0 Å². The molecule has 0 bridgehead atoms. The van der Waals surface area contributed by atoms with E-state index in [0.717, 1.165) is 57.7 Å². The van der Waals surface area contributed by atoms with E-state index in [1.807, 2.05) is 52.2 Å². The summed E-state index contributed by atoms with van der Waals surface area (Å²) in [5, 5.41) is 2.27. The van der Waals surface area contributed by atoms with Gasteiger partial charge in [-0.25, -0.2) is 4.98 Å². The van der Waals surface area contributed by atoms with Gasteiger partial charge in [0.15, 0.2) is 11.5 Å². The number of piperazine rings is 1. The molecule has 2 aliphatic rings. The number of hydrogen-bond donors (Lipinski definition) is 1. The molecule has 1 amide bonds. The molecule has 0 unspecified atom stereocenters. The summed E-state index contributed by atoms with van der Waals surface area (Å²) in [5.74, 6) is 1.99. The Bertz CT molecular complexity index is 1740. The summed E-state index contributed by atoms with van der Waals surface area (Å²) in [7, 11) is 2.10. The number of amides is 1. The van der Waals surface area contributed by atoms with Crippen molar-refractivity contribution in [3.05, 3.63) is 96.1 Å². The molecule has 4 heterocycles. The topological polar surface area (TPSA) is 90.8 Å². The molecule has 3 aromatic carbocycles. The molecule has 0 atom stereocenters. The summed E-state index contributed by atoms with van der Waals surface area (Å²) >= 11 is 0. The number of nitrogens with zero attached hydrogens (tertiary/aromatic N) is 5. The first-order valence-electron chi connectivity index (χ1n) is 13.9. The van der Waals surface area contributed by atoms with Gasteiger partial charge in [0.05, 0.1) is 30.5 Å². The van der Waals surface area contributed by atoms with Gasteiger partial charge in [0.1, 0.15) is 0 Å². The van der Waals surface area contributed by atoms with Gasteiger partial charge in [-0.3, -0.25) is 4.79 Å². The summed E-state index contributed by atoms with van der Waals surface area (Å²) in [6.07, 6.45) is 5.87. The molecular weight excluding hydrogens is 516 g/mol. The lowest BCUT2D eigenvalue weighted by Crippen LogP contribution is -2.47. The monoisotopic (exact) mass is 548 g/mol. The second-order valence-corrected chi connectivity index (χ2v) is 10.8. The number of nitrogen functional groups attached to an aromatic ring is 1. The Hall–Kier alpha value is -4.76. The van der Waals surface area contributed by atoms with Crippen molar-refractivity contribution >= 4 is 22.6 Å². The fraction of sp³-hybridized carbons (Fsp3) is 0.250. The van der Waals surface area contributed by atoms with E-state index in [1.165, 1.54) is 0 Å². The van der Waals surface area contributed by atoms with Gasteiger partial charge in [-0.1, -0.05) is 48.5 Å². The van der Waals surface area contributed by atoms with E-state index in [2.05, 4.69) is 58.0 Å². The second-order valence-electron chi connectivity index (χ2n) is 10.8. The Morgan fingerprint density at radius 1 is 0.902 bits per heavy atom. The Balaban J connectivity index is 1.25. The number of likely N-dealkylation sites (N-methyl/N-ethyl adjacent to an activating group) is 1. The van der Waals surface area contributed by atoms with Crippen molar-refractivity contribution < 1.29 is 14.3 Å². The quantitative estimate of drug-likeness (QED) is 0.340. The van der Waals surface area contributed by atoms with Crippen LogP contribution in [-0.4, -0.2) is 69.8 Å². The van der Waals surface area contributed by atoms with Crippen LogP contribution < -0.4 is 15.2 Å². The molecule has 41 heavy (non-hydrogen) atoms. The highest BCUT2D eigenvalue weighted by Gasteiger charge is 2.25. The van der Waals surface area contributed by atoms with Gasteiger partial charge in [0.25, 0.3) is 5.91 Å². The predicted molar refractivity (Wildman–Crippen MR) is 158 cm³/mol. The standard InChI is InChI=1S/C32H32N6O3/c1-35-11-13-37(14-12-35)31(39)28-20-36(19-27(28)26-8-4-6-23-5-2-3-7-25(23)26)18-24-16-34-32(33)38(24)17-22-9-10-29-30(15-22)41-21-40-29/h2-10,15-16,19-20H,11-14,17-18,21H2,1H3,(H2,33,34). The number of anilines is 1. The average Bonchev–Trinajstić information content (AvgIpc) is 3.72. The van der Waals surface area contributed by atoms with Crippen LogP contribution in [0.3, 0.4) is 0 Å². The molecule has 0 aliphatic carbocycles. The lowest BCUT2D eigenvalue weighted by molar-refractivity contribution is 0.0665. The van der Waals surface area contributed by atoms with E-state index in [-0.39, 0.29) is 12.7 Å². The second kappa shape index (κ2) is 10.3. The fourth-order valence-electron chi connectivity index (χ4n) is 5.77. The summed E-state index contributed by atoms with van der Waals surface area (Å²) in [4.78, 5) is 22.6. The number of imidazole rings is 1. The fourth-order valence-corrected chi connectivity index (χ4v) is 5.77. The molecule has 1 fully saturated rings. The molecule has 7 rings (SSSR count). The minimum Gasteiger partial charge on any atom is -0.454 e. The Kier molecular flexibility index (Phi) is 6.36. The summed E-state index contributed by atoms with van der Waals surface area (Å²) in [6, 6.07) is 20.5. The zero-order valence-electron chi connectivity index (χ0n) is 23.0. The average molecular weight is 549 g/mol. The first-order chi connectivity index (χ1) is 20.0. The lowest BCUT2D eigenvalue weighted by atomic mass is 9.97. The molecule has 2 aliphatic heterocycles. The van der Waals surface area contributed by atoms with Crippen LogP contribution in [0.5, 0.6) is 11.5 Å². The van der Waals surface area contributed by atoms with Crippen LogP contribution in [0.1, 0.15) is 21.6 Å². The Labute approximate surface area is 238 Å². The molecule has 2 N–H and O–H groups in total. The van der Waals surface area contributed by atoms with Crippen LogP contribution in [0, 0.1) is 0 Å². The van der Waals surface area contributed by atoms with E-state index >= 15 is 0 Å². The number of rotatable bonds is 6. The van der Waals surface area contributed by atoms with Crippen LogP contribution in [0.4, 0.5) is 5.95 Å². The zero-order valence-corrected chi connectivity index (χ0v) is 23.0. The molecular formula is C32H32N6O3. The van der Waals surface area contributed by atoms with Gasteiger partial charge in [0, 0.05) is 44.1 Å². The first-order valence-corrected chi connectivity index (χ1v) is 13.9. The number of fused-ring (bicyclic) bond motifs is 2. The lowest BCUT2D eigenvalue weighted by Gasteiger charge is -2.32. The highest BCUT2D eigenvalue weighted by Crippen LogP contribution is 2.34. The van der Waals surface area contributed by atoms with Crippen LogP contribution in [0.25, 0.3) is 21.9 Å². The number of nitrogens with two attached hydrogens (primary N) is 1. The third-order valence-electron chi connectivity index (χ3n) is 8.07. The van der Waals surface area contributed by atoms with Crippen molar-refractivity contribution in [1.29, 1.82) is 0 Å². The molecule has 208 valence electrons. The summed E-state index contributed by atoms with van der Waals surface area (Å²) in [6.45, 7) is 4.47. The normalized spacial score (nSPS) is 15.1. The number of carbonyl (C=O) groups excluding carboxylic acids is 1. The first kappa shape index (κ1) is 25.2. The van der Waals surface area contributed by atoms with Crippen molar-refractivity contribution in [2.75, 3.05) is 45.8 Å². The van der Waals surface area contributed by atoms with Gasteiger partial charge in [-0.05, 0) is 41.1 Å². The van der Waals surface area contributed by atoms with Crippen molar-refractivity contribution in [2.24, 2.45) is 0 Å². The molecule has 5 aromatic rings. The van der Waals surface area contributed by atoms with E-state index in [1.54, 1.807) is 0 Å². The Morgan fingerprint density at radius 2 is 1.71 bits per heavy atom. The maximum atomic E-state index is 13.9. The zero-order chi connectivity index (χ0) is 27.9. The van der Waals surface area contributed by atoms with Gasteiger partial charge in [-0.2, -0.15) is 0 Å². The number of carbonyl (C=O) groups is 1. The highest BCUT2D eigenvalue weighted by molar-refractivity contribution is 6.06. The Morgan fingerprint density at radius 3 is 2.59 bits per heavy atom. The van der Waals surface area contributed by atoms with Crippen molar-refractivity contribution in [1.82, 2.24) is 23.9 Å². The van der Waals surface area contributed by atoms with Crippen molar-refractivity contribution in [2.45, 2.75) is 13.1 Å². The largest absolute Gasteiger partial charge is 0.454 e.